The second-order valence-corrected chi connectivity index (χ2v) is 5.47. The van der Waals surface area contributed by atoms with Gasteiger partial charge in [-0.1, -0.05) is 39.8 Å². The molecule has 1 aromatic carbocycles. The van der Waals surface area contributed by atoms with Crippen molar-refractivity contribution in [3.8, 4) is 11.8 Å². The Morgan fingerprint density at radius 1 is 1.22 bits per heavy atom. The predicted octanol–water partition coefficient (Wildman–Crippen LogP) is 4.47. The minimum Gasteiger partial charge on any atom is -0.496 e. The molecule has 0 saturated heterocycles. The average molecular weight is 245 g/mol. The summed E-state index contributed by atoms with van der Waals surface area (Å²) in [4.78, 5) is 0. The van der Waals surface area contributed by atoms with E-state index in [1.54, 1.807) is 7.11 Å². The van der Waals surface area contributed by atoms with Crippen LogP contribution in [0, 0.1) is 17.2 Å². The molecular weight excluding hydrogens is 222 g/mol. The molecule has 0 radical (unpaired) electrons. The summed E-state index contributed by atoms with van der Waals surface area (Å²) in [5, 5.41) is 9.30. The summed E-state index contributed by atoms with van der Waals surface area (Å²) in [6.07, 6.45) is 0.903. The van der Waals surface area contributed by atoms with E-state index in [0.29, 0.717) is 11.8 Å². The van der Waals surface area contributed by atoms with Gasteiger partial charge in [-0.15, -0.1) is 0 Å². The quantitative estimate of drug-likeness (QED) is 0.766. The summed E-state index contributed by atoms with van der Waals surface area (Å²) in [5.41, 5.74) is 2.29. The van der Waals surface area contributed by atoms with E-state index in [4.69, 9.17) is 4.74 Å². The normalized spacial score (nSPS) is 12.6. The summed E-state index contributed by atoms with van der Waals surface area (Å²) < 4.78 is 5.37. The van der Waals surface area contributed by atoms with Crippen molar-refractivity contribution in [2.45, 2.75) is 46.0 Å². The van der Waals surface area contributed by atoms with Gasteiger partial charge >= 0.3 is 0 Å². The molecule has 0 aliphatic heterocycles. The lowest BCUT2D eigenvalue weighted by atomic mass is 9.89. The number of ether oxygens (including phenoxy) is 1. The fourth-order valence-corrected chi connectivity index (χ4v) is 2.16. The van der Waals surface area contributed by atoms with Crippen molar-refractivity contribution in [2.75, 3.05) is 7.11 Å². The number of nitriles is 1. The molecule has 1 aromatic rings. The lowest BCUT2D eigenvalue weighted by Crippen LogP contribution is -2.03. The highest BCUT2D eigenvalue weighted by molar-refractivity contribution is 5.41. The van der Waals surface area contributed by atoms with Gasteiger partial charge in [0.1, 0.15) is 5.75 Å². The van der Waals surface area contributed by atoms with Gasteiger partial charge in [-0.25, -0.2) is 0 Å². The Hall–Kier alpha value is -1.49. The molecule has 0 bridgehead atoms. The van der Waals surface area contributed by atoms with E-state index in [9.17, 15) is 5.26 Å². The molecule has 18 heavy (non-hydrogen) atoms. The summed E-state index contributed by atoms with van der Waals surface area (Å²) in [6, 6.07) is 8.53. The third-order valence-electron chi connectivity index (χ3n) is 3.14. The predicted molar refractivity (Wildman–Crippen MR) is 74.9 cm³/mol. The van der Waals surface area contributed by atoms with Crippen LogP contribution in [-0.2, 0) is 0 Å². The molecule has 2 heteroatoms. The van der Waals surface area contributed by atoms with Crippen molar-refractivity contribution in [1.82, 2.24) is 0 Å². The van der Waals surface area contributed by atoms with Crippen LogP contribution in [0.1, 0.15) is 57.1 Å². The molecule has 1 rings (SSSR count). The second-order valence-electron chi connectivity index (χ2n) is 5.47. The van der Waals surface area contributed by atoms with Crippen LogP contribution in [-0.4, -0.2) is 7.11 Å². The van der Waals surface area contributed by atoms with Crippen molar-refractivity contribution in [1.29, 1.82) is 5.26 Å². The molecule has 98 valence electrons. The largest absolute Gasteiger partial charge is 0.496 e. The van der Waals surface area contributed by atoms with E-state index in [-0.39, 0.29) is 5.92 Å². The minimum absolute atomic E-state index is 0.0200. The number of benzene rings is 1. The molecule has 0 aliphatic carbocycles. The highest BCUT2D eigenvalue weighted by Crippen LogP contribution is 2.31. The topological polar surface area (TPSA) is 33.0 Å². The Bertz CT molecular complexity index is 429. The zero-order valence-corrected chi connectivity index (χ0v) is 12.0. The molecule has 0 heterocycles. The van der Waals surface area contributed by atoms with E-state index in [1.165, 1.54) is 5.56 Å². The molecule has 0 saturated carbocycles. The van der Waals surface area contributed by atoms with E-state index in [0.717, 1.165) is 17.7 Å². The van der Waals surface area contributed by atoms with Crippen LogP contribution in [0.3, 0.4) is 0 Å². The van der Waals surface area contributed by atoms with Gasteiger partial charge in [-0.2, -0.15) is 5.26 Å². The van der Waals surface area contributed by atoms with Gasteiger partial charge in [0.15, 0.2) is 0 Å². The fraction of sp³-hybridized carbons (Fsp3) is 0.562. The molecule has 1 atom stereocenters. The van der Waals surface area contributed by atoms with Crippen molar-refractivity contribution in [2.24, 2.45) is 5.92 Å². The Balaban J connectivity index is 3.10. The zero-order chi connectivity index (χ0) is 13.7. The van der Waals surface area contributed by atoms with Gasteiger partial charge in [-0.3, -0.25) is 0 Å². The van der Waals surface area contributed by atoms with Crippen LogP contribution in [0.5, 0.6) is 5.75 Å². The van der Waals surface area contributed by atoms with Crippen LogP contribution in [0.15, 0.2) is 18.2 Å². The Labute approximate surface area is 111 Å². The molecule has 0 aromatic heterocycles. The Kier molecular flexibility index (Phi) is 5.22. The van der Waals surface area contributed by atoms with Gasteiger partial charge in [0, 0.05) is 0 Å². The van der Waals surface area contributed by atoms with Gasteiger partial charge < -0.3 is 4.74 Å². The van der Waals surface area contributed by atoms with Crippen molar-refractivity contribution in [3.05, 3.63) is 29.3 Å². The molecule has 2 nitrogen and oxygen atoms in total. The third kappa shape index (κ3) is 3.50. The Morgan fingerprint density at radius 3 is 2.33 bits per heavy atom. The Morgan fingerprint density at radius 2 is 1.89 bits per heavy atom. The summed E-state index contributed by atoms with van der Waals surface area (Å²) in [6.45, 7) is 8.59. The van der Waals surface area contributed by atoms with Crippen LogP contribution < -0.4 is 4.74 Å². The van der Waals surface area contributed by atoms with Crippen molar-refractivity contribution >= 4 is 0 Å². The van der Waals surface area contributed by atoms with E-state index in [1.807, 2.05) is 12.1 Å². The molecule has 0 spiro atoms. The summed E-state index contributed by atoms with van der Waals surface area (Å²) in [5.74, 6) is 1.82. The number of rotatable bonds is 5. The van der Waals surface area contributed by atoms with Gasteiger partial charge in [0.2, 0.25) is 0 Å². The molecular formula is C16H23NO. The van der Waals surface area contributed by atoms with E-state index >= 15 is 0 Å². The lowest BCUT2D eigenvalue weighted by Gasteiger charge is -2.17. The number of hydrogen-bond acceptors (Lipinski definition) is 2. The number of methoxy groups -OCH3 is 1. The first-order valence-corrected chi connectivity index (χ1v) is 6.57. The highest BCUT2D eigenvalue weighted by Gasteiger charge is 2.16. The maximum atomic E-state index is 9.30. The summed E-state index contributed by atoms with van der Waals surface area (Å²) >= 11 is 0. The maximum absolute atomic E-state index is 9.30. The molecule has 0 fully saturated rings. The van der Waals surface area contributed by atoms with Crippen molar-refractivity contribution < 1.29 is 4.74 Å². The number of hydrogen-bond donors (Lipinski definition) is 0. The van der Waals surface area contributed by atoms with Crippen LogP contribution in [0.4, 0.5) is 0 Å². The molecule has 0 amide bonds. The second kappa shape index (κ2) is 6.44. The molecule has 1 unspecified atom stereocenters. The first-order chi connectivity index (χ1) is 8.49. The highest BCUT2D eigenvalue weighted by atomic mass is 16.5. The smallest absolute Gasteiger partial charge is 0.122 e. The maximum Gasteiger partial charge on any atom is 0.122 e. The summed E-state index contributed by atoms with van der Waals surface area (Å²) in [7, 11) is 1.69. The van der Waals surface area contributed by atoms with Crippen LogP contribution in [0.25, 0.3) is 0 Å². The molecule has 0 N–H and O–H groups in total. The first kappa shape index (κ1) is 14.6. The van der Waals surface area contributed by atoms with Crippen LogP contribution >= 0.6 is 0 Å². The zero-order valence-electron chi connectivity index (χ0n) is 12.0. The standard InChI is InChI=1S/C16H23NO/c1-11(2)8-14(10-17)13-6-7-16(18-5)15(9-13)12(3)4/h6-7,9,11-12,14H,8H2,1-5H3. The average Bonchev–Trinajstić information content (AvgIpc) is 2.34. The van der Waals surface area contributed by atoms with Crippen molar-refractivity contribution in [3.63, 3.8) is 0 Å². The fourth-order valence-electron chi connectivity index (χ4n) is 2.16. The third-order valence-corrected chi connectivity index (χ3v) is 3.14. The van der Waals surface area contributed by atoms with E-state index in [2.05, 4.69) is 39.8 Å². The van der Waals surface area contributed by atoms with E-state index < -0.39 is 0 Å². The SMILES string of the molecule is COc1ccc(C(C#N)CC(C)C)cc1C(C)C. The van der Waals surface area contributed by atoms with Gasteiger partial charge in [-0.05, 0) is 35.4 Å². The van der Waals surface area contributed by atoms with Crippen LogP contribution in [0.2, 0.25) is 0 Å². The minimum atomic E-state index is -0.0200. The first-order valence-electron chi connectivity index (χ1n) is 6.57. The van der Waals surface area contributed by atoms with Gasteiger partial charge in [0.05, 0.1) is 19.1 Å². The monoisotopic (exact) mass is 245 g/mol. The lowest BCUT2D eigenvalue weighted by molar-refractivity contribution is 0.407. The number of nitrogens with zero attached hydrogens (tertiary/aromatic N) is 1. The van der Waals surface area contributed by atoms with Gasteiger partial charge in [0.25, 0.3) is 0 Å². The molecule has 0 aliphatic rings.